The van der Waals surface area contributed by atoms with E-state index in [1.807, 2.05) is 35.9 Å². The zero-order valence-corrected chi connectivity index (χ0v) is 8.47. The summed E-state index contributed by atoms with van der Waals surface area (Å²) in [7, 11) is 0. The average Bonchev–Trinajstić information content (AvgIpc) is 2.57. The number of aromatic nitrogens is 1. The minimum absolute atomic E-state index is 0.747. The number of halogens is 1. The van der Waals surface area contributed by atoms with Gasteiger partial charge in [-0.25, -0.2) is 0 Å². The molecule has 2 N–H and O–H groups in total. The molecule has 2 aromatic heterocycles. The van der Waals surface area contributed by atoms with Gasteiger partial charge in [0.2, 0.25) is 0 Å². The first kappa shape index (κ1) is 8.98. The number of nitrogens with zero attached hydrogens (tertiary/aromatic N) is 1. The summed E-state index contributed by atoms with van der Waals surface area (Å²) < 4.78 is 1.99. The minimum atomic E-state index is 0.747. The van der Waals surface area contributed by atoms with E-state index in [0.717, 1.165) is 21.7 Å². The summed E-state index contributed by atoms with van der Waals surface area (Å²) in [6.07, 6.45) is 3.85. The molecule has 0 aromatic carbocycles. The van der Waals surface area contributed by atoms with Crippen molar-refractivity contribution in [2.75, 3.05) is 0 Å². The topological polar surface area (TPSA) is 30.4 Å². The maximum Gasteiger partial charge on any atom is 0.0652 e. The fourth-order valence-corrected chi connectivity index (χ4v) is 1.68. The van der Waals surface area contributed by atoms with Crippen LogP contribution in [-0.2, 0) is 0 Å². The SMILES string of the molecule is Cc1c(Cl)ccn2ccc(C#CN)c12. The number of nitrogens with two attached hydrogens (primary N) is 1. The van der Waals surface area contributed by atoms with Crippen molar-refractivity contribution in [2.45, 2.75) is 6.92 Å². The van der Waals surface area contributed by atoms with Gasteiger partial charge in [0.15, 0.2) is 0 Å². The third kappa shape index (κ3) is 1.23. The van der Waals surface area contributed by atoms with Crippen LogP contribution in [-0.4, -0.2) is 4.40 Å². The highest BCUT2D eigenvalue weighted by atomic mass is 35.5. The smallest absolute Gasteiger partial charge is 0.0652 e. The molecular weight excluding hydrogens is 196 g/mol. The minimum Gasteiger partial charge on any atom is -0.359 e. The maximum absolute atomic E-state index is 6.02. The van der Waals surface area contributed by atoms with Crippen molar-refractivity contribution < 1.29 is 0 Å². The molecule has 2 heterocycles. The van der Waals surface area contributed by atoms with Gasteiger partial charge >= 0.3 is 0 Å². The van der Waals surface area contributed by atoms with Gasteiger partial charge in [0, 0.05) is 23.5 Å². The largest absolute Gasteiger partial charge is 0.359 e. The van der Waals surface area contributed by atoms with Gasteiger partial charge in [-0.2, -0.15) is 0 Å². The Labute approximate surface area is 87.3 Å². The van der Waals surface area contributed by atoms with Crippen molar-refractivity contribution in [3.63, 3.8) is 0 Å². The van der Waals surface area contributed by atoms with Crippen LogP contribution in [0.25, 0.3) is 5.52 Å². The number of hydrogen-bond acceptors (Lipinski definition) is 1. The van der Waals surface area contributed by atoms with Gasteiger partial charge in [-0.15, -0.1) is 0 Å². The van der Waals surface area contributed by atoms with Gasteiger partial charge < -0.3 is 10.1 Å². The van der Waals surface area contributed by atoms with Gasteiger partial charge in [-0.05, 0) is 30.5 Å². The summed E-state index contributed by atoms with van der Waals surface area (Å²) in [5.74, 6) is 2.85. The van der Waals surface area contributed by atoms with Crippen molar-refractivity contribution in [1.82, 2.24) is 4.40 Å². The molecule has 0 amide bonds. The first-order valence-corrected chi connectivity index (χ1v) is 4.59. The molecule has 2 nitrogen and oxygen atoms in total. The Bertz CT molecular complexity index is 543. The zero-order chi connectivity index (χ0) is 10.1. The average molecular weight is 205 g/mol. The lowest BCUT2D eigenvalue weighted by Crippen LogP contribution is -1.88. The van der Waals surface area contributed by atoms with E-state index in [-0.39, 0.29) is 0 Å². The number of fused-ring (bicyclic) bond motifs is 1. The molecule has 0 radical (unpaired) electrons. The van der Waals surface area contributed by atoms with Gasteiger partial charge in [0.1, 0.15) is 0 Å². The number of aryl methyl sites for hydroxylation is 1. The first-order valence-electron chi connectivity index (χ1n) is 4.21. The summed E-state index contributed by atoms with van der Waals surface area (Å²) >= 11 is 6.02. The summed E-state index contributed by atoms with van der Waals surface area (Å²) in [6.45, 7) is 1.97. The summed E-state index contributed by atoms with van der Waals surface area (Å²) in [5, 5.41) is 0.747. The molecule has 0 bridgehead atoms. The van der Waals surface area contributed by atoms with E-state index in [2.05, 4.69) is 12.0 Å². The fourth-order valence-electron chi connectivity index (χ4n) is 1.53. The second-order valence-corrected chi connectivity index (χ2v) is 3.45. The van der Waals surface area contributed by atoms with Gasteiger partial charge in [-0.3, -0.25) is 0 Å². The van der Waals surface area contributed by atoms with E-state index in [1.54, 1.807) is 0 Å². The molecule has 2 rings (SSSR count). The third-order valence-corrected chi connectivity index (χ3v) is 2.63. The van der Waals surface area contributed by atoms with E-state index in [0.29, 0.717) is 0 Å². The third-order valence-electron chi connectivity index (χ3n) is 2.22. The van der Waals surface area contributed by atoms with Crippen molar-refractivity contribution in [2.24, 2.45) is 5.73 Å². The Kier molecular flexibility index (Phi) is 2.11. The van der Waals surface area contributed by atoms with Crippen LogP contribution in [0.4, 0.5) is 0 Å². The quantitative estimate of drug-likeness (QED) is 0.518. The van der Waals surface area contributed by atoms with Gasteiger partial charge in [0.05, 0.1) is 11.1 Å². The van der Waals surface area contributed by atoms with Crippen molar-refractivity contribution in [3.05, 3.63) is 40.7 Å². The summed E-state index contributed by atoms with van der Waals surface area (Å²) in [4.78, 5) is 0. The van der Waals surface area contributed by atoms with Crippen LogP contribution in [0, 0.1) is 18.9 Å². The second kappa shape index (κ2) is 3.28. The molecule has 0 atom stereocenters. The Morgan fingerprint density at radius 1 is 1.36 bits per heavy atom. The molecule has 0 fully saturated rings. The molecule has 0 spiro atoms. The molecule has 0 unspecified atom stereocenters. The highest BCUT2D eigenvalue weighted by molar-refractivity contribution is 6.31. The molecule has 70 valence electrons. The second-order valence-electron chi connectivity index (χ2n) is 3.04. The van der Waals surface area contributed by atoms with E-state index in [1.165, 1.54) is 0 Å². The lowest BCUT2D eigenvalue weighted by Gasteiger charge is -2.02. The predicted octanol–water partition coefficient (Wildman–Crippen LogP) is 2.17. The highest BCUT2D eigenvalue weighted by Gasteiger charge is 2.05. The van der Waals surface area contributed by atoms with Crippen LogP contribution >= 0.6 is 11.6 Å². The Morgan fingerprint density at radius 3 is 2.79 bits per heavy atom. The lowest BCUT2D eigenvalue weighted by molar-refractivity contribution is 1.18. The zero-order valence-electron chi connectivity index (χ0n) is 7.71. The summed E-state index contributed by atoms with van der Waals surface area (Å²) in [5.41, 5.74) is 8.15. The van der Waals surface area contributed by atoms with Crippen LogP contribution in [0.3, 0.4) is 0 Å². The molecule has 0 saturated carbocycles. The lowest BCUT2D eigenvalue weighted by atomic mass is 10.2. The Hall–Kier alpha value is -1.59. The van der Waals surface area contributed by atoms with Crippen LogP contribution < -0.4 is 5.73 Å². The molecule has 0 saturated heterocycles. The van der Waals surface area contributed by atoms with Crippen LogP contribution in [0.15, 0.2) is 24.5 Å². The van der Waals surface area contributed by atoms with Crippen molar-refractivity contribution >= 4 is 17.1 Å². The number of pyridine rings is 1. The first-order chi connectivity index (χ1) is 6.74. The fraction of sp³-hybridized carbons (Fsp3) is 0.0909. The van der Waals surface area contributed by atoms with Crippen LogP contribution in [0.5, 0.6) is 0 Å². The number of rotatable bonds is 0. The molecule has 0 aliphatic rings. The molecule has 3 heteroatoms. The van der Waals surface area contributed by atoms with Gasteiger partial charge in [0.25, 0.3) is 0 Å². The maximum atomic E-state index is 6.02. The molecule has 2 aromatic rings. The monoisotopic (exact) mass is 204 g/mol. The highest BCUT2D eigenvalue weighted by Crippen LogP contribution is 2.23. The van der Waals surface area contributed by atoms with Crippen molar-refractivity contribution in [1.29, 1.82) is 0 Å². The van der Waals surface area contributed by atoms with Crippen LogP contribution in [0.1, 0.15) is 11.1 Å². The Morgan fingerprint density at radius 2 is 2.07 bits per heavy atom. The van der Waals surface area contributed by atoms with E-state index >= 15 is 0 Å². The normalized spacial score (nSPS) is 9.86. The van der Waals surface area contributed by atoms with E-state index in [4.69, 9.17) is 17.3 Å². The standard InChI is InChI=1S/C11H9ClN2/c1-8-10(12)4-7-14-6-3-9(2-5-13)11(8)14/h3-4,6-7H,13H2,1H3. The van der Waals surface area contributed by atoms with Crippen LogP contribution in [0.2, 0.25) is 5.02 Å². The molecule has 14 heavy (non-hydrogen) atoms. The number of hydrogen-bond donors (Lipinski definition) is 1. The van der Waals surface area contributed by atoms with E-state index < -0.39 is 0 Å². The van der Waals surface area contributed by atoms with Crippen molar-refractivity contribution in [3.8, 4) is 12.0 Å². The Balaban J connectivity index is 2.86. The van der Waals surface area contributed by atoms with E-state index in [9.17, 15) is 0 Å². The predicted molar refractivity (Wildman–Crippen MR) is 58.2 cm³/mol. The summed E-state index contributed by atoms with van der Waals surface area (Å²) in [6, 6.07) is 6.20. The van der Waals surface area contributed by atoms with Gasteiger partial charge in [-0.1, -0.05) is 11.6 Å². The molecule has 0 aliphatic carbocycles. The molecular formula is C11H9ClN2. The molecule has 0 aliphatic heterocycles.